The molecule has 0 unspecified atom stereocenters. The third kappa shape index (κ3) is 3.77. The molecule has 3 rings (SSSR count). The summed E-state index contributed by atoms with van der Waals surface area (Å²) in [5, 5.41) is 1.19. The monoisotopic (exact) mass is 372 g/mol. The zero-order chi connectivity index (χ0) is 18.7. The van der Waals surface area contributed by atoms with E-state index in [9.17, 15) is 9.59 Å². The van der Waals surface area contributed by atoms with Gasteiger partial charge in [0, 0.05) is 18.8 Å². The summed E-state index contributed by atoms with van der Waals surface area (Å²) >= 11 is 1.65. The van der Waals surface area contributed by atoms with Gasteiger partial charge in [-0.05, 0) is 24.8 Å². The van der Waals surface area contributed by atoms with Gasteiger partial charge in [0.25, 0.3) is 5.56 Å². The van der Waals surface area contributed by atoms with Crippen molar-refractivity contribution >= 4 is 22.9 Å². The molecule has 1 aromatic carbocycles. The summed E-state index contributed by atoms with van der Waals surface area (Å²) in [6.07, 6.45) is 2.83. The van der Waals surface area contributed by atoms with Crippen molar-refractivity contribution in [3.63, 3.8) is 0 Å². The number of nitrogens with zero attached hydrogens (tertiary/aromatic N) is 3. The molecule has 1 atom stereocenters. The topological polar surface area (TPSA) is 72.7 Å². The van der Waals surface area contributed by atoms with Gasteiger partial charge in [0.1, 0.15) is 0 Å². The molecule has 6 nitrogen and oxygen atoms in total. The van der Waals surface area contributed by atoms with Crippen LogP contribution >= 0.6 is 11.8 Å². The maximum atomic E-state index is 12.4. The molecule has 138 valence electrons. The Morgan fingerprint density at radius 2 is 1.96 bits per heavy atom. The molecule has 3 aromatic rings. The summed E-state index contributed by atoms with van der Waals surface area (Å²) in [6, 6.07) is 10.3. The number of imidazole rings is 1. The summed E-state index contributed by atoms with van der Waals surface area (Å²) in [6.45, 7) is 4.95. The fourth-order valence-corrected chi connectivity index (χ4v) is 3.84. The van der Waals surface area contributed by atoms with Crippen molar-refractivity contribution in [1.29, 1.82) is 0 Å². The first-order valence-corrected chi connectivity index (χ1v) is 9.79. The molecule has 2 aromatic heterocycles. The van der Waals surface area contributed by atoms with Crippen molar-refractivity contribution < 1.29 is 0 Å². The summed E-state index contributed by atoms with van der Waals surface area (Å²) in [4.78, 5) is 31.3. The highest BCUT2D eigenvalue weighted by molar-refractivity contribution is 7.99. The van der Waals surface area contributed by atoms with Gasteiger partial charge in [0.15, 0.2) is 16.3 Å². The van der Waals surface area contributed by atoms with Crippen LogP contribution in [0.5, 0.6) is 0 Å². The van der Waals surface area contributed by atoms with E-state index >= 15 is 0 Å². The van der Waals surface area contributed by atoms with Crippen LogP contribution in [-0.4, -0.2) is 24.4 Å². The lowest BCUT2D eigenvalue weighted by molar-refractivity contribution is 0.607. The minimum absolute atomic E-state index is 0.369. The molecule has 0 saturated carbocycles. The Morgan fingerprint density at radius 1 is 1.23 bits per heavy atom. The number of benzene rings is 1. The summed E-state index contributed by atoms with van der Waals surface area (Å²) in [5.74, 6) is 0. The lowest BCUT2D eigenvalue weighted by Gasteiger charge is -2.11. The minimum atomic E-state index is -0.434. The van der Waals surface area contributed by atoms with Gasteiger partial charge in [0.2, 0.25) is 0 Å². The van der Waals surface area contributed by atoms with Crippen LogP contribution in [0.25, 0.3) is 11.2 Å². The molecule has 0 aliphatic carbocycles. The molecule has 0 radical (unpaired) electrons. The van der Waals surface area contributed by atoms with Crippen molar-refractivity contribution in [2.75, 3.05) is 0 Å². The normalized spacial score (nSPS) is 12.6. The Balaban J connectivity index is 1.97. The van der Waals surface area contributed by atoms with E-state index in [0.717, 1.165) is 24.4 Å². The summed E-state index contributed by atoms with van der Waals surface area (Å²) in [7, 11) is 1.64. The predicted octanol–water partition coefficient (Wildman–Crippen LogP) is 2.95. The number of thioether (sulfide) groups is 1. The van der Waals surface area contributed by atoms with Gasteiger partial charge in [-0.3, -0.25) is 14.3 Å². The summed E-state index contributed by atoms with van der Waals surface area (Å²) < 4.78 is 3.37. The first-order valence-electron chi connectivity index (χ1n) is 8.91. The highest BCUT2D eigenvalue weighted by Crippen LogP contribution is 2.27. The number of H-pyrrole nitrogens is 1. The van der Waals surface area contributed by atoms with Crippen LogP contribution in [-0.2, 0) is 20.0 Å². The van der Waals surface area contributed by atoms with Gasteiger partial charge in [0.05, 0.1) is 0 Å². The number of hydrogen-bond acceptors (Lipinski definition) is 4. The van der Waals surface area contributed by atoms with Gasteiger partial charge >= 0.3 is 5.69 Å². The Labute approximate surface area is 156 Å². The first-order chi connectivity index (χ1) is 12.5. The molecule has 0 aliphatic heterocycles. The highest BCUT2D eigenvalue weighted by Gasteiger charge is 2.18. The van der Waals surface area contributed by atoms with Crippen molar-refractivity contribution in [3.8, 4) is 0 Å². The number of nitrogens with one attached hydrogen (secondary N) is 1. The molecule has 0 bridgehead atoms. The molecule has 7 heteroatoms. The van der Waals surface area contributed by atoms with Crippen LogP contribution < -0.4 is 11.2 Å². The largest absolute Gasteiger partial charge is 0.329 e. The van der Waals surface area contributed by atoms with Crippen molar-refractivity contribution in [3.05, 3.63) is 56.7 Å². The van der Waals surface area contributed by atoms with E-state index in [2.05, 4.69) is 35.9 Å². The maximum Gasteiger partial charge on any atom is 0.329 e. The van der Waals surface area contributed by atoms with E-state index in [-0.39, 0.29) is 5.56 Å². The smallest absolute Gasteiger partial charge is 0.313 e. The molecule has 0 spiro atoms. The summed E-state index contributed by atoms with van der Waals surface area (Å²) in [5.41, 5.74) is 1.40. The Bertz CT molecular complexity index is 1000. The maximum absolute atomic E-state index is 12.4. The third-order valence-electron chi connectivity index (χ3n) is 4.54. The fourth-order valence-electron chi connectivity index (χ4n) is 2.86. The second-order valence-electron chi connectivity index (χ2n) is 6.46. The number of hydrogen-bond donors (Lipinski definition) is 1. The molecule has 0 aliphatic rings. The Morgan fingerprint density at radius 3 is 2.65 bits per heavy atom. The molecule has 1 N–H and O–H groups in total. The van der Waals surface area contributed by atoms with Crippen LogP contribution in [0.15, 0.2) is 45.1 Å². The number of rotatable bonds is 7. The van der Waals surface area contributed by atoms with E-state index in [1.807, 2.05) is 22.8 Å². The van der Waals surface area contributed by atoms with E-state index in [1.165, 1.54) is 10.1 Å². The zero-order valence-corrected chi connectivity index (χ0v) is 16.2. The molecule has 0 amide bonds. The van der Waals surface area contributed by atoms with Gasteiger partial charge in [-0.1, -0.05) is 55.9 Å². The van der Waals surface area contributed by atoms with Crippen LogP contribution in [0.3, 0.4) is 0 Å². The number of aromatic nitrogens is 4. The predicted molar refractivity (Wildman–Crippen MR) is 106 cm³/mol. The van der Waals surface area contributed by atoms with Crippen molar-refractivity contribution in [2.24, 2.45) is 7.05 Å². The lowest BCUT2D eigenvalue weighted by atomic mass is 10.1. The SMILES string of the molecule is CC[C@@H](C)Sc1nc2c(c(=O)[nH]c(=O)n2C)n1CCCc1ccccc1. The average molecular weight is 372 g/mol. The standard InChI is InChI=1S/C19H24N4O2S/c1-4-13(2)26-19-20-16-15(17(24)21-18(25)22(16)3)23(19)12-8-11-14-9-6-5-7-10-14/h5-7,9-10,13H,4,8,11-12H2,1-3H3,(H,21,24,25)/t13-/m1/s1. The molecule has 0 fully saturated rings. The average Bonchev–Trinajstić information content (AvgIpc) is 2.99. The van der Waals surface area contributed by atoms with Crippen LogP contribution in [0.2, 0.25) is 0 Å². The van der Waals surface area contributed by atoms with E-state index in [0.29, 0.717) is 23.0 Å². The number of aromatic amines is 1. The molecule has 0 saturated heterocycles. The Hall–Kier alpha value is -2.28. The Kier molecular flexibility index (Phi) is 5.66. The molecular formula is C19H24N4O2S. The van der Waals surface area contributed by atoms with Crippen LogP contribution in [0, 0.1) is 0 Å². The van der Waals surface area contributed by atoms with Crippen molar-refractivity contribution in [2.45, 2.75) is 50.1 Å². The lowest BCUT2D eigenvalue weighted by Crippen LogP contribution is -2.29. The zero-order valence-electron chi connectivity index (χ0n) is 15.4. The minimum Gasteiger partial charge on any atom is -0.313 e. The molecular weight excluding hydrogens is 348 g/mol. The van der Waals surface area contributed by atoms with Gasteiger partial charge in [-0.15, -0.1) is 0 Å². The quantitative estimate of drug-likeness (QED) is 0.647. The third-order valence-corrected chi connectivity index (χ3v) is 5.80. The van der Waals surface area contributed by atoms with Crippen LogP contribution in [0.1, 0.15) is 32.3 Å². The molecule has 2 heterocycles. The van der Waals surface area contributed by atoms with Crippen LogP contribution in [0.4, 0.5) is 0 Å². The first kappa shape index (κ1) is 18.5. The van der Waals surface area contributed by atoms with E-state index < -0.39 is 5.69 Å². The highest BCUT2D eigenvalue weighted by atomic mass is 32.2. The van der Waals surface area contributed by atoms with Crippen molar-refractivity contribution in [1.82, 2.24) is 19.1 Å². The van der Waals surface area contributed by atoms with Gasteiger partial charge < -0.3 is 4.57 Å². The number of aryl methyl sites for hydroxylation is 3. The van der Waals surface area contributed by atoms with Gasteiger partial charge in [-0.2, -0.15) is 0 Å². The number of fused-ring (bicyclic) bond motifs is 1. The fraction of sp³-hybridized carbons (Fsp3) is 0.421. The molecule has 26 heavy (non-hydrogen) atoms. The second kappa shape index (κ2) is 7.95. The van der Waals surface area contributed by atoms with Gasteiger partial charge in [-0.25, -0.2) is 9.78 Å². The van der Waals surface area contributed by atoms with E-state index in [4.69, 9.17) is 0 Å². The van der Waals surface area contributed by atoms with E-state index in [1.54, 1.807) is 18.8 Å². The second-order valence-corrected chi connectivity index (χ2v) is 7.87.